The van der Waals surface area contributed by atoms with E-state index in [4.69, 9.17) is 0 Å². The number of carbonyl (C=O) groups excluding carboxylic acids is 1. The van der Waals surface area contributed by atoms with E-state index in [0.29, 0.717) is 0 Å². The van der Waals surface area contributed by atoms with Crippen molar-refractivity contribution < 1.29 is 13.6 Å². The fourth-order valence-corrected chi connectivity index (χ4v) is 2.44. The first-order chi connectivity index (χ1) is 10.3. The van der Waals surface area contributed by atoms with E-state index in [0.717, 1.165) is 35.2 Å². The van der Waals surface area contributed by atoms with Crippen molar-refractivity contribution in [1.29, 1.82) is 0 Å². The number of aryl methyl sites for hydroxylation is 2. The second kappa shape index (κ2) is 6.13. The molecule has 2 aromatic rings. The average molecular weight is 308 g/mol. The highest BCUT2D eigenvalue weighted by Crippen LogP contribution is 2.21. The molecule has 0 saturated carbocycles. The Bertz CT molecular complexity index is 712. The van der Waals surface area contributed by atoms with Crippen molar-refractivity contribution in [3.05, 3.63) is 46.8 Å². The zero-order valence-electron chi connectivity index (χ0n) is 12.9. The van der Waals surface area contributed by atoms with Crippen LogP contribution in [0.1, 0.15) is 29.9 Å². The molecule has 5 nitrogen and oxygen atoms in total. The Morgan fingerprint density at radius 3 is 2.59 bits per heavy atom. The summed E-state index contributed by atoms with van der Waals surface area (Å²) in [5.41, 5.74) is 2.44. The van der Waals surface area contributed by atoms with Crippen molar-refractivity contribution in [1.82, 2.24) is 15.1 Å². The van der Waals surface area contributed by atoms with Gasteiger partial charge in [-0.1, -0.05) is 0 Å². The van der Waals surface area contributed by atoms with Gasteiger partial charge in [0.15, 0.2) is 0 Å². The van der Waals surface area contributed by atoms with E-state index in [1.165, 1.54) is 0 Å². The third-order valence-corrected chi connectivity index (χ3v) is 3.52. The highest BCUT2D eigenvalue weighted by Gasteiger charge is 2.18. The van der Waals surface area contributed by atoms with Crippen LogP contribution in [0, 0.1) is 25.5 Å². The lowest BCUT2D eigenvalue weighted by atomic mass is 10.1. The smallest absolute Gasteiger partial charge is 0.319 e. The van der Waals surface area contributed by atoms with Gasteiger partial charge in [-0.15, -0.1) is 0 Å². The van der Waals surface area contributed by atoms with Gasteiger partial charge in [0.2, 0.25) is 0 Å². The predicted molar refractivity (Wildman–Crippen MR) is 79.6 cm³/mol. The molecule has 0 spiro atoms. The molecule has 0 aliphatic heterocycles. The van der Waals surface area contributed by atoms with Crippen molar-refractivity contribution in [3.63, 3.8) is 0 Å². The summed E-state index contributed by atoms with van der Waals surface area (Å²) in [4.78, 5) is 12.0. The van der Waals surface area contributed by atoms with Crippen LogP contribution in [-0.4, -0.2) is 15.8 Å². The minimum atomic E-state index is -0.696. The van der Waals surface area contributed by atoms with Crippen LogP contribution in [0.25, 0.3) is 0 Å². The predicted octanol–water partition coefficient (Wildman–Crippen LogP) is 3.20. The first-order valence-electron chi connectivity index (χ1n) is 6.82. The van der Waals surface area contributed by atoms with Crippen LogP contribution in [0.15, 0.2) is 18.2 Å². The highest BCUT2D eigenvalue weighted by atomic mass is 19.1. The number of hydrogen-bond donors (Lipinski definition) is 2. The Hall–Kier alpha value is -2.44. The van der Waals surface area contributed by atoms with Crippen LogP contribution in [0.3, 0.4) is 0 Å². The standard InChI is InChI=1S/C15H18F2N4O/c1-8(14-9(2)20-21(4)10(14)3)18-15(22)19-13-7-11(16)5-6-12(13)17/h5-8H,1-4H3,(H2,18,19,22)/t8-/m0/s1. The van der Waals surface area contributed by atoms with E-state index in [9.17, 15) is 13.6 Å². The van der Waals surface area contributed by atoms with Crippen molar-refractivity contribution in [2.75, 3.05) is 5.32 Å². The van der Waals surface area contributed by atoms with E-state index in [1.807, 2.05) is 20.9 Å². The molecule has 0 fully saturated rings. The Labute approximate surface area is 127 Å². The Balaban J connectivity index is 2.10. The molecule has 0 aliphatic rings. The number of carbonyl (C=O) groups is 1. The number of hydrogen-bond acceptors (Lipinski definition) is 2. The first-order valence-corrected chi connectivity index (χ1v) is 6.82. The average Bonchev–Trinajstić information content (AvgIpc) is 2.67. The number of halogens is 2. The van der Waals surface area contributed by atoms with Crippen LogP contribution in [0.4, 0.5) is 19.3 Å². The molecule has 22 heavy (non-hydrogen) atoms. The van der Waals surface area contributed by atoms with Crippen molar-refractivity contribution >= 4 is 11.7 Å². The SMILES string of the molecule is Cc1nn(C)c(C)c1[C@H](C)NC(=O)Nc1cc(F)ccc1F. The fraction of sp³-hybridized carbons (Fsp3) is 0.333. The zero-order valence-corrected chi connectivity index (χ0v) is 12.9. The molecule has 2 rings (SSSR count). The molecule has 0 radical (unpaired) electrons. The maximum atomic E-state index is 13.5. The third kappa shape index (κ3) is 3.24. The molecule has 2 amide bonds. The lowest BCUT2D eigenvalue weighted by Crippen LogP contribution is -2.32. The molecular weight excluding hydrogens is 290 g/mol. The maximum absolute atomic E-state index is 13.5. The number of anilines is 1. The lowest BCUT2D eigenvalue weighted by molar-refractivity contribution is 0.249. The van der Waals surface area contributed by atoms with Crippen molar-refractivity contribution in [2.24, 2.45) is 7.05 Å². The normalized spacial score (nSPS) is 12.1. The summed E-state index contributed by atoms with van der Waals surface area (Å²) in [6.07, 6.45) is 0. The molecule has 1 aromatic carbocycles. The van der Waals surface area contributed by atoms with E-state index in [2.05, 4.69) is 15.7 Å². The number of aromatic nitrogens is 2. The molecule has 2 N–H and O–H groups in total. The van der Waals surface area contributed by atoms with Crippen LogP contribution in [0.2, 0.25) is 0 Å². The minimum Gasteiger partial charge on any atom is -0.331 e. The summed E-state index contributed by atoms with van der Waals surface area (Å²) in [5.74, 6) is -1.32. The number of nitrogens with one attached hydrogen (secondary N) is 2. The van der Waals surface area contributed by atoms with Gasteiger partial charge in [0.05, 0.1) is 17.4 Å². The number of amides is 2. The van der Waals surface area contributed by atoms with Crippen molar-refractivity contribution in [3.8, 4) is 0 Å². The summed E-state index contributed by atoms with van der Waals surface area (Å²) >= 11 is 0. The van der Waals surface area contributed by atoms with Gasteiger partial charge in [-0.25, -0.2) is 13.6 Å². The topological polar surface area (TPSA) is 59.0 Å². The number of benzene rings is 1. The molecule has 118 valence electrons. The highest BCUT2D eigenvalue weighted by molar-refractivity contribution is 5.89. The zero-order chi connectivity index (χ0) is 16.4. The second-order valence-corrected chi connectivity index (χ2v) is 5.15. The summed E-state index contributed by atoms with van der Waals surface area (Å²) in [6, 6.07) is 1.96. The first kappa shape index (κ1) is 15.9. The summed E-state index contributed by atoms with van der Waals surface area (Å²) in [7, 11) is 1.82. The third-order valence-electron chi connectivity index (χ3n) is 3.52. The molecule has 1 aromatic heterocycles. The molecule has 7 heteroatoms. The van der Waals surface area contributed by atoms with Crippen LogP contribution in [0.5, 0.6) is 0 Å². The van der Waals surface area contributed by atoms with Gasteiger partial charge in [-0.05, 0) is 32.9 Å². The molecule has 0 bridgehead atoms. The van der Waals surface area contributed by atoms with E-state index >= 15 is 0 Å². The maximum Gasteiger partial charge on any atom is 0.319 e. The molecule has 1 heterocycles. The van der Waals surface area contributed by atoms with E-state index in [1.54, 1.807) is 11.6 Å². The fourth-order valence-electron chi connectivity index (χ4n) is 2.44. The summed E-state index contributed by atoms with van der Waals surface area (Å²) < 4.78 is 28.3. The van der Waals surface area contributed by atoms with Crippen LogP contribution >= 0.6 is 0 Å². The molecule has 0 saturated heterocycles. The van der Waals surface area contributed by atoms with Gasteiger partial charge in [0, 0.05) is 24.4 Å². The van der Waals surface area contributed by atoms with E-state index in [-0.39, 0.29) is 11.7 Å². The molecule has 1 atom stereocenters. The minimum absolute atomic E-state index is 0.204. The number of nitrogens with zero attached hydrogens (tertiary/aromatic N) is 2. The van der Waals surface area contributed by atoms with Gasteiger partial charge < -0.3 is 10.6 Å². The Morgan fingerprint density at radius 1 is 1.32 bits per heavy atom. The molecule has 0 unspecified atom stereocenters. The lowest BCUT2D eigenvalue weighted by Gasteiger charge is -2.16. The quantitative estimate of drug-likeness (QED) is 0.915. The van der Waals surface area contributed by atoms with Crippen LogP contribution < -0.4 is 10.6 Å². The monoisotopic (exact) mass is 308 g/mol. The number of urea groups is 1. The number of rotatable bonds is 3. The van der Waals surface area contributed by atoms with Gasteiger partial charge >= 0.3 is 6.03 Å². The van der Waals surface area contributed by atoms with Gasteiger partial charge in [0.25, 0.3) is 0 Å². The van der Waals surface area contributed by atoms with Crippen LogP contribution in [-0.2, 0) is 7.05 Å². The molecular formula is C15H18F2N4O. The largest absolute Gasteiger partial charge is 0.331 e. The molecule has 0 aliphatic carbocycles. The van der Waals surface area contributed by atoms with E-state index < -0.39 is 17.7 Å². The summed E-state index contributed by atoms with van der Waals surface area (Å²) in [5, 5.41) is 9.28. The van der Waals surface area contributed by atoms with Gasteiger partial charge in [0.1, 0.15) is 11.6 Å². The van der Waals surface area contributed by atoms with Crippen molar-refractivity contribution in [2.45, 2.75) is 26.8 Å². The second-order valence-electron chi connectivity index (χ2n) is 5.15. The Kier molecular flexibility index (Phi) is 4.44. The van der Waals surface area contributed by atoms with Gasteiger partial charge in [-0.3, -0.25) is 4.68 Å². The Morgan fingerprint density at radius 2 is 2.00 bits per heavy atom. The summed E-state index contributed by atoms with van der Waals surface area (Å²) in [6.45, 7) is 5.56. The van der Waals surface area contributed by atoms with Gasteiger partial charge in [-0.2, -0.15) is 5.10 Å².